The van der Waals surface area contributed by atoms with E-state index in [2.05, 4.69) is 15.2 Å². The molecule has 1 aliphatic carbocycles. The minimum Gasteiger partial charge on any atom is -0.489 e. The Labute approximate surface area is 134 Å². The van der Waals surface area contributed by atoms with Crippen LogP contribution in [0.2, 0.25) is 0 Å². The predicted molar refractivity (Wildman–Crippen MR) is 86.8 cm³/mol. The van der Waals surface area contributed by atoms with Gasteiger partial charge in [-0.15, -0.1) is 0 Å². The van der Waals surface area contributed by atoms with Crippen LogP contribution in [0.4, 0.5) is 4.39 Å². The summed E-state index contributed by atoms with van der Waals surface area (Å²) in [6, 6.07) is 7.49. The summed E-state index contributed by atoms with van der Waals surface area (Å²) in [6.07, 6.45) is 5.37. The van der Waals surface area contributed by atoms with E-state index in [0.29, 0.717) is 23.6 Å². The number of halogens is 1. The summed E-state index contributed by atoms with van der Waals surface area (Å²) in [7, 11) is 0. The first-order valence-corrected chi connectivity index (χ1v) is 7.94. The molecule has 0 aliphatic heterocycles. The topological polar surface area (TPSA) is 76.8 Å². The number of aromatic amines is 1. The molecule has 0 amide bonds. The summed E-state index contributed by atoms with van der Waals surface area (Å²) < 4.78 is 17.9. The zero-order valence-corrected chi connectivity index (χ0v) is 13.0. The fraction of sp³-hybridized carbons (Fsp3) is 0.412. The molecular weight excluding hydrogens is 295 g/mol. The standard InChI is InChI=1S/C17H21FN4O/c18-9-12(10-19)11-23-15-7-5-14(6-8-15)17-20-16(21-22-17)13-3-1-2-4-13/h5-9,13H,1-4,10-11,19H2,(H,20,21,22)/b12-9+. The SMILES string of the molecule is NC/C(=C\F)COc1ccc(-c2nc(C3CCCC3)n[nH]2)cc1. The minimum absolute atomic E-state index is 0.149. The normalized spacial score (nSPS) is 16.0. The Morgan fingerprint density at radius 1 is 1.30 bits per heavy atom. The van der Waals surface area contributed by atoms with E-state index < -0.39 is 0 Å². The van der Waals surface area contributed by atoms with Gasteiger partial charge in [-0.2, -0.15) is 5.10 Å². The number of ether oxygens (including phenoxy) is 1. The van der Waals surface area contributed by atoms with Gasteiger partial charge in [-0.3, -0.25) is 5.10 Å². The summed E-state index contributed by atoms with van der Waals surface area (Å²) >= 11 is 0. The van der Waals surface area contributed by atoms with E-state index >= 15 is 0 Å². The lowest BCUT2D eigenvalue weighted by molar-refractivity contribution is 0.347. The lowest BCUT2D eigenvalue weighted by Gasteiger charge is -2.07. The van der Waals surface area contributed by atoms with E-state index in [1.807, 2.05) is 24.3 Å². The van der Waals surface area contributed by atoms with Gasteiger partial charge in [0.2, 0.25) is 0 Å². The van der Waals surface area contributed by atoms with Crippen LogP contribution in [0.15, 0.2) is 36.2 Å². The highest BCUT2D eigenvalue weighted by Gasteiger charge is 2.21. The molecule has 1 aromatic carbocycles. The van der Waals surface area contributed by atoms with Crippen molar-refractivity contribution >= 4 is 0 Å². The van der Waals surface area contributed by atoms with Crippen LogP contribution in [-0.4, -0.2) is 28.3 Å². The number of nitrogens with zero attached hydrogens (tertiary/aromatic N) is 2. The highest BCUT2D eigenvalue weighted by molar-refractivity contribution is 5.55. The third kappa shape index (κ3) is 3.76. The van der Waals surface area contributed by atoms with Gasteiger partial charge >= 0.3 is 0 Å². The van der Waals surface area contributed by atoms with Gasteiger partial charge < -0.3 is 10.5 Å². The van der Waals surface area contributed by atoms with Crippen molar-refractivity contribution in [3.8, 4) is 17.1 Å². The lowest BCUT2D eigenvalue weighted by atomic mass is 10.1. The number of hydrogen-bond donors (Lipinski definition) is 2. The molecule has 5 nitrogen and oxygen atoms in total. The fourth-order valence-electron chi connectivity index (χ4n) is 2.79. The van der Waals surface area contributed by atoms with Crippen LogP contribution in [-0.2, 0) is 0 Å². The number of nitrogens with one attached hydrogen (secondary N) is 1. The predicted octanol–water partition coefficient (Wildman–Crippen LogP) is 3.32. The quantitative estimate of drug-likeness (QED) is 0.857. The summed E-state index contributed by atoms with van der Waals surface area (Å²) in [6.45, 7) is 0.303. The van der Waals surface area contributed by atoms with Gasteiger partial charge in [0.1, 0.15) is 12.4 Å². The molecule has 1 aromatic heterocycles. The average Bonchev–Trinajstić information content (AvgIpc) is 3.28. The second kappa shape index (κ2) is 7.37. The summed E-state index contributed by atoms with van der Waals surface area (Å²) in [4.78, 5) is 4.61. The molecule has 23 heavy (non-hydrogen) atoms. The van der Waals surface area contributed by atoms with Crippen LogP contribution < -0.4 is 10.5 Å². The molecule has 1 saturated carbocycles. The largest absolute Gasteiger partial charge is 0.489 e. The van der Waals surface area contributed by atoms with Crippen molar-refractivity contribution in [2.24, 2.45) is 5.73 Å². The highest BCUT2D eigenvalue weighted by Crippen LogP contribution is 2.32. The number of aromatic nitrogens is 3. The van der Waals surface area contributed by atoms with Crippen LogP contribution in [0.5, 0.6) is 5.75 Å². The summed E-state index contributed by atoms with van der Waals surface area (Å²) in [5, 5.41) is 7.36. The highest BCUT2D eigenvalue weighted by atomic mass is 19.1. The van der Waals surface area contributed by atoms with Crippen molar-refractivity contribution in [3.63, 3.8) is 0 Å². The lowest BCUT2D eigenvalue weighted by Crippen LogP contribution is -2.10. The smallest absolute Gasteiger partial charge is 0.155 e. The van der Waals surface area contributed by atoms with Gasteiger partial charge in [-0.25, -0.2) is 9.37 Å². The van der Waals surface area contributed by atoms with Crippen molar-refractivity contribution in [1.29, 1.82) is 0 Å². The van der Waals surface area contributed by atoms with Gasteiger partial charge in [-0.1, -0.05) is 12.8 Å². The van der Waals surface area contributed by atoms with E-state index in [9.17, 15) is 4.39 Å². The van der Waals surface area contributed by atoms with Crippen LogP contribution in [0.25, 0.3) is 11.4 Å². The van der Waals surface area contributed by atoms with Crippen molar-refractivity contribution < 1.29 is 9.13 Å². The monoisotopic (exact) mass is 316 g/mol. The van der Waals surface area contributed by atoms with E-state index in [4.69, 9.17) is 10.5 Å². The van der Waals surface area contributed by atoms with Gasteiger partial charge in [0, 0.05) is 23.6 Å². The molecule has 3 rings (SSSR count). The molecule has 6 heteroatoms. The maximum atomic E-state index is 12.4. The van der Waals surface area contributed by atoms with Crippen LogP contribution >= 0.6 is 0 Å². The van der Waals surface area contributed by atoms with Crippen molar-refractivity contribution in [1.82, 2.24) is 15.2 Å². The van der Waals surface area contributed by atoms with Gasteiger partial charge in [-0.05, 0) is 37.1 Å². The summed E-state index contributed by atoms with van der Waals surface area (Å²) in [5.41, 5.74) is 6.77. The molecular formula is C17H21FN4O. The summed E-state index contributed by atoms with van der Waals surface area (Å²) in [5.74, 6) is 2.84. The number of nitrogens with two attached hydrogens (primary N) is 1. The van der Waals surface area contributed by atoms with Crippen LogP contribution in [0, 0.1) is 0 Å². The molecule has 0 bridgehead atoms. The third-order valence-electron chi connectivity index (χ3n) is 4.19. The number of rotatable bonds is 6. The van der Waals surface area contributed by atoms with Crippen molar-refractivity contribution in [2.45, 2.75) is 31.6 Å². The third-order valence-corrected chi connectivity index (χ3v) is 4.19. The molecule has 0 saturated heterocycles. The molecule has 0 radical (unpaired) electrons. The molecule has 0 spiro atoms. The molecule has 3 N–H and O–H groups in total. The molecule has 122 valence electrons. The minimum atomic E-state index is 0.149. The Balaban J connectivity index is 1.65. The Morgan fingerprint density at radius 2 is 2.04 bits per heavy atom. The number of hydrogen-bond acceptors (Lipinski definition) is 4. The average molecular weight is 316 g/mol. The molecule has 0 atom stereocenters. The molecule has 1 heterocycles. The first kappa shape index (κ1) is 15.7. The zero-order chi connectivity index (χ0) is 16.1. The Morgan fingerprint density at radius 3 is 2.70 bits per heavy atom. The van der Waals surface area contributed by atoms with E-state index in [-0.39, 0.29) is 13.2 Å². The maximum absolute atomic E-state index is 12.4. The van der Waals surface area contributed by atoms with Crippen molar-refractivity contribution in [2.75, 3.05) is 13.2 Å². The van der Waals surface area contributed by atoms with Crippen LogP contribution in [0.3, 0.4) is 0 Å². The van der Waals surface area contributed by atoms with E-state index in [1.165, 1.54) is 25.7 Å². The van der Waals surface area contributed by atoms with Gasteiger partial charge in [0.15, 0.2) is 11.6 Å². The van der Waals surface area contributed by atoms with Crippen molar-refractivity contribution in [3.05, 3.63) is 42.0 Å². The Hall–Kier alpha value is -2.21. The van der Waals surface area contributed by atoms with Crippen LogP contribution in [0.1, 0.15) is 37.4 Å². The fourth-order valence-corrected chi connectivity index (χ4v) is 2.79. The van der Waals surface area contributed by atoms with E-state index in [0.717, 1.165) is 17.2 Å². The Bertz CT molecular complexity index is 659. The molecule has 2 aromatic rings. The Kier molecular flexibility index (Phi) is 5.02. The first-order chi connectivity index (χ1) is 11.3. The second-order valence-electron chi connectivity index (χ2n) is 5.81. The second-order valence-corrected chi connectivity index (χ2v) is 5.81. The first-order valence-electron chi connectivity index (χ1n) is 7.94. The maximum Gasteiger partial charge on any atom is 0.155 e. The number of H-pyrrole nitrogens is 1. The van der Waals surface area contributed by atoms with E-state index in [1.54, 1.807) is 0 Å². The molecule has 1 aliphatic rings. The van der Waals surface area contributed by atoms with Gasteiger partial charge in [0.05, 0.1) is 6.33 Å². The number of benzene rings is 1. The van der Waals surface area contributed by atoms with Gasteiger partial charge in [0.25, 0.3) is 0 Å². The molecule has 0 unspecified atom stereocenters. The zero-order valence-electron chi connectivity index (χ0n) is 13.0. The molecule has 1 fully saturated rings.